The van der Waals surface area contributed by atoms with E-state index in [9.17, 15) is 24.5 Å². The number of nitrogens with zero attached hydrogens (tertiary/aromatic N) is 3. The molecule has 4 rings (SSSR count). The molecule has 11 heteroatoms. The molecule has 0 aliphatic carbocycles. The third kappa shape index (κ3) is 5.04. The van der Waals surface area contributed by atoms with Crippen LogP contribution in [0.4, 0.5) is 11.4 Å². The molecular weight excluding hydrogens is 472 g/mol. The SMILES string of the molecule is COC(=O)c1ccc2c(=O)n(-c3ccccc3)c(SCC(=O)Nc3ccccc3[N+](=O)[O-])nc2c1. The van der Waals surface area contributed by atoms with Crippen LogP contribution in [0.3, 0.4) is 0 Å². The van der Waals surface area contributed by atoms with Crippen LogP contribution in [0.1, 0.15) is 10.4 Å². The van der Waals surface area contributed by atoms with Gasteiger partial charge in [0.15, 0.2) is 5.16 Å². The van der Waals surface area contributed by atoms with Crippen molar-refractivity contribution in [1.29, 1.82) is 0 Å². The molecule has 0 radical (unpaired) electrons. The van der Waals surface area contributed by atoms with Crippen LogP contribution in [-0.4, -0.2) is 39.2 Å². The number of aromatic nitrogens is 2. The van der Waals surface area contributed by atoms with Gasteiger partial charge in [-0.1, -0.05) is 42.1 Å². The summed E-state index contributed by atoms with van der Waals surface area (Å²) in [5.74, 6) is -1.26. The number of carbonyl (C=O) groups excluding carboxylic acids is 2. The Morgan fingerprint density at radius 1 is 1.09 bits per heavy atom. The standard InChI is InChI=1S/C24H18N4O6S/c1-34-23(31)15-11-12-17-19(13-15)26-24(27(22(17)30)16-7-3-2-4-8-16)35-14-21(29)25-18-9-5-6-10-20(18)28(32)33/h2-13H,14H2,1H3,(H,25,29). The number of amides is 1. The summed E-state index contributed by atoms with van der Waals surface area (Å²) < 4.78 is 6.12. The van der Waals surface area contributed by atoms with Crippen LogP contribution in [0.15, 0.2) is 82.7 Å². The predicted octanol–water partition coefficient (Wildman–Crippen LogP) is 3.81. The molecule has 10 nitrogen and oxygen atoms in total. The summed E-state index contributed by atoms with van der Waals surface area (Å²) in [4.78, 5) is 53.1. The highest BCUT2D eigenvalue weighted by molar-refractivity contribution is 7.99. The number of carbonyl (C=O) groups is 2. The van der Waals surface area contributed by atoms with E-state index in [-0.39, 0.29) is 44.3 Å². The maximum Gasteiger partial charge on any atom is 0.337 e. The number of nitrogens with one attached hydrogen (secondary N) is 1. The van der Waals surface area contributed by atoms with Gasteiger partial charge in [0, 0.05) is 6.07 Å². The van der Waals surface area contributed by atoms with E-state index in [1.54, 1.807) is 36.4 Å². The zero-order valence-corrected chi connectivity index (χ0v) is 19.2. The first-order valence-electron chi connectivity index (χ1n) is 10.3. The number of anilines is 1. The second-order valence-corrected chi connectivity index (χ2v) is 8.15. The van der Waals surface area contributed by atoms with E-state index in [1.807, 2.05) is 0 Å². The Hall–Kier alpha value is -4.51. The number of benzene rings is 3. The Bertz CT molecular complexity index is 1500. The average Bonchev–Trinajstić information content (AvgIpc) is 2.87. The molecule has 0 aliphatic heterocycles. The zero-order chi connectivity index (χ0) is 24.9. The first-order chi connectivity index (χ1) is 16.9. The molecule has 0 atom stereocenters. The average molecular weight is 490 g/mol. The lowest BCUT2D eigenvalue weighted by molar-refractivity contribution is -0.383. The lowest BCUT2D eigenvalue weighted by Gasteiger charge is -2.13. The monoisotopic (exact) mass is 490 g/mol. The number of thioether (sulfide) groups is 1. The minimum absolute atomic E-state index is 0.0674. The Balaban J connectivity index is 1.71. The molecule has 0 unspecified atom stereocenters. The maximum absolute atomic E-state index is 13.4. The molecule has 176 valence electrons. The molecule has 0 spiro atoms. The van der Waals surface area contributed by atoms with Crippen molar-refractivity contribution in [3.05, 3.63) is 98.8 Å². The first kappa shape index (κ1) is 23.6. The Morgan fingerprint density at radius 2 is 1.80 bits per heavy atom. The fourth-order valence-corrected chi connectivity index (χ4v) is 4.18. The van der Waals surface area contributed by atoms with Gasteiger partial charge >= 0.3 is 5.97 Å². The van der Waals surface area contributed by atoms with Crippen LogP contribution in [0.25, 0.3) is 16.6 Å². The molecule has 0 saturated carbocycles. The number of fused-ring (bicyclic) bond motifs is 1. The molecule has 1 heterocycles. The van der Waals surface area contributed by atoms with Crippen molar-refractivity contribution >= 4 is 45.9 Å². The van der Waals surface area contributed by atoms with Crippen LogP contribution >= 0.6 is 11.8 Å². The molecule has 0 bridgehead atoms. The van der Waals surface area contributed by atoms with E-state index in [4.69, 9.17) is 4.74 Å². The summed E-state index contributed by atoms with van der Waals surface area (Å²) in [5, 5.41) is 14.2. The fraction of sp³-hybridized carbons (Fsp3) is 0.0833. The Morgan fingerprint density at radius 3 is 2.51 bits per heavy atom. The van der Waals surface area contributed by atoms with E-state index in [1.165, 1.54) is 48.1 Å². The summed E-state index contributed by atoms with van der Waals surface area (Å²) in [6.07, 6.45) is 0. The van der Waals surface area contributed by atoms with Crippen molar-refractivity contribution in [3.8, 4) is 5.69 Å². The summed E-state index contributed by atoms with van der Waals surface area (Å²) >= 11 is 0.986. The van der Waals surface area contributed by atoms with Gasteiger partial charge in [0.2, 0.25) is 5.91 Å². The zero-order valence-electron chi connectivity index (χ0n) is 18.3. The molecule has 4 aromatic rings. The molecule has 1 N–H and O–H groups in total. The summed E-state index contributed by atoms with van der Waals surface area (Å²) in [6.45, 7) is 0. The van der Waals surface area contributed by atoms with Gasteiger partial charge in [-0.3, -0.25) is 24.3 Å². The van der Waals surface area contributed by atoms with Crippen molar-refractivity contribution in [3.63, 3.8) is 0 Å². The molecule has 0 aliphatic rings. The van der Waals surface area contributed by atoms with Gasteiger partial charge < -0.3 is 10.1 Å². The third-order valence-electron chi connectivity index (χ3n) is 4.98. The van der Waals surface area contributed by atoms with Gasteiger partial charge in [0.1, 0.15) is 5.69 Å². The van der Waals surface area contributed by atoms with Gasteiger partial charge in [0.05, 0.1) is 39.9 Å². The molecule has 0 saturated heterocycles. The summed E-state index contributed by atoms with van der Waals surface area (Å²) in [7, 11) is 1.25. The maximum atomic E-state index is 13.4. The van der Waals surface area contributed by atoms with Crippen LogP contribution in [0.2, 0.25) is 0 Å². The number of ether oxygens (including phenoxy) is 1. The second kappa shape index (κ2) is 10.2. The van der Waals surface area contributed by atoms with Crippen LogP contribution < -0.4 is 10.9 Å². The van der Waals surface area contributed by atoms with Gasteiger partial charge in [-0.15, -0.1) is 0 Å². The summed E-state index contributed by atoms with van der Waals surface area (Å²) in [5.41, 5.74) is 0.509. The van der Waals surface area contributed by atoms with Gasteiger partial charge in [-0.05, 0) is 36.4 Å². The smallest absolute Gasteiger partial charge is 0.337 e. The fourth-order valence-electron chi connectivity index (χ4n) is 3.37. The number of para-hydroxylation sites is 3. The van der Waals surface area contributed by atoms with Crippen LogP contribution in [0, 0.1) is 10.1 Å². The van der Waals surface area contributed by atoms with Crippen molar-refractivity contribution < 1.29 is 19.2 Å². The van der Waals surface area contributed by atoms with E-state index in [0.29, 0.717) is 5.69 Å². The number of hydrogen-bond donors (Lipinski definition) is 1. The Kier molecular flexibility index (Phi) is 6.88. The summed E-state index contributed by atoms with van der Waals surface area (Å²) in [6, 6.07) is 19.0. The minimum Gasteiger partial charge on any atom is -0.465 e. The van der Waals surface area contributed by atoms with Gasteiger partial charge in [-0.25, -0.2) is 9.78 Å². The van der Waals surface area contributed by atoms with E-state index < -0.39 is 16.8 Å². The molecule has 1 aromatic heterocycles. The van der Waals surface area contributed by atoms with Crippen LogP contribution in [-0.2, 0) is 9.53 Å². The lowest BCUT2D eigenvalue weighted by atomic mass is 10.1. The predicted molar refractivity (Wildman–Crippen MR) is 131 cm³/mol. The number of methoxy groups -OCH3 is 1. The van der Waals surface area contributed by atoms with Crippen molar-refractivity contribution in [2.45, 2.75) is 5.16 Å². The number of nitro groups is 1. The first-order valence-corrected chi connectivity index (χ1v) is 11.2. The highest BCUT2D eigenvalue weighted by atomic mass is 32.2. The highest BCUT2D eigenvalue weighted by Gasteiger charge is 2.18. The number of rotatable bonds is 7. The highest BCUT2D eigenvalue weighted by Crippen LogP contribution is 2.25. The number of nitro benzene ring substituents is 1. The van der Waals surface area contributed by atoms with Crippen molar-refractivity contribution in [2.24, 2.45) is 0 Å². The largest absolute Gasteiger partial charge is 0.465 e. The van der Waals surface area contributed by atoms with Crippen molar-refractivity contribution in [2.75, 3.05) is 18.2 Å². The second-order valence-electron chi connectivity index (χ2n) is 7.21. The molecular formula is C24H18N4O6S. The Labute approximate surface area is 202 Å². The molecule has 3 aromatic carbocycles. The van der Waals surface area contributed by atoms with Gasteiger partial charge in [-0.2, -0.15) is 0 Å². The van der Waals surface area contributed by atoms with E-state index in [2.05, 4.69) is 10.3 Å². The minimum atomic E-state index is -0.584. The molecule has 0 fully saturated rings. The van der Waals surface area contributed by atoms with Crippen LogP contribution in [0.5, 0.6) is 0 Å². The third-order valence-corrected chi connectivity index (χ3v) is 5.92. The molecule has 35 heavy (non-hydrogen) atoms. The number of hydrogen-bond acceptors (Lipinski definition) is 8. The van der Waals surface area contributed by atoms with Gasteiger partial charge in [0.25, 0.3) is 11.2 Å². The van der Waals surface area contributed by atoms with E-state index >= 15 is 0 Å². The quantitative estimate of drug-likeness (QED) is 0.136. The molecule has 1 amide bonds. The van der Waals surface area contributed by atoms with E-state index in [0.717, 1.165) is 11.8 Å². The van der Waals surface area contributed by atoms with Crippen molar-refractivity contribution in [1.82, 2.24) is 9.55 Å². The number of esters is 1. The lowest BCUT2D eigenvalue weighted by Crippen LogP contribution is -2.23. The normalized spacial score (nSPS) is 10.7. The topological polar surface area (TPSA) is 133 Å².